The van der Waals surface area contributed by atoms with Gasteiger partial charge in [0, 0.05) is 6.20 Å². The monoisotopic (exact) mass is 277 g/mol. The highest BCUT2D eigenvalue weighted by atomic mass is 79.9. The Labute approximate surface area is 103 Å². The molecule has 0 radical (unpaired) electrons. The van der Waals surface area contributed by atoms with Crippen molar-refractivity contribution in [2.24, 2.45) is 0 Å². The standard InChI is InChI=1S/C13H12BrNO/c1-10-5-2-3-6-11(10)9-15-8-4-7-12(14)13(15)16/h2-8H,9H2,1H3. The van der Waals surface area contributed by atoms with Crippen LogP contribution in [0.1, 0.15) is 11.1 Å². The Hall–Kier alpha value is -1.35. The fourth-order valence-corrected chi connectivity index (χ4v) is 1.98. The molecule has 0 atom stereocenters. The maximum Gasteiger partial charge on any atom is 0.265 e. The van der Waals surface area contributed by atoms with E-state index in [9.17, 15) is 4.79 Å². The summed E-state index contributed by atoms with van der Waals surface area (Å²) in [6.07, 6.45) is 1.81. The molecule has 16 heavy (non-hydrogen) atoms. The lowest BCUT2D eigenvalue weighted by Crippen LogP contribution is -2.20. The number of pyridine rings is 1. The van der Waals surface area contributed by atoms with Crippen LogP contribution in [0.3, 0.4) is 0 Å². The molecule has 3 heteroatoms. The molecule has 0 aliphatic carbocycles. The summed E-state index contributed by atoms with van der Waals surface area (Å²) in [4.78, 5) is 11.8. The number of benzene rings is 1. The highest BCUT2D eigenvalue weighted by molar-refractivity contribution is 9.10. The van der Waals surface area contributed by atoms with E-state index >= 15 is 0 Å². The molecule has 0 amide bonds. The Kier molecular flexibility index (Phi) is 3.25. The van der Waals surface area contributed by atoms with Gasteiger partial charge < -0.3 is 4.57 Å². The zero-order valence-electron chi connectivity index (χ0n) is 8.98. The molecule has 1 aromatic carbocycles. The third-order valence-corrected chi connectivity index (χ3v) is 3.18. The van der Waals surface area contributed by atoms with Gasteiger partial charge in [-0.2, -0.15) is 0 Å². The van der Waals surface area contributed by atoms with Crippen LogP contribution < -0.4 is 5.56 Å². The van der Waals surface area contributed by atoms with E-state index in [1.165, 1.54) is 11.1 Å². The van der Waals surface area contributed by atoms with E-state index in [0.717, 1.165) is 0 Å². The molecule has 82 valence electrons. The van der Waals surface area contributed by atoms with Crippen molar-refractivity contribution in [1.82, 2.24) is 4.57 Å². The second-order valence-corrected chi connectivity index (χ2v) is 4.57. The summed E-state index contributed by atoms with van der Waals surface area (Å²) < 4.78 is 2.30. The van der Waals surface area contributed by atoms with Gasteiger partial charge in [-0.25, -0.2) is 0 Å². The number of halogens is 1. The Morgan fingerprint density at radius 2 is 1.94 bits per heavy atom. The fourth-order valence-electron chi connectivity index (χ4n) is 1.60. The average Bonchev–Trinajstić information content (AvgIpc) is 2.28. The quantitative estimate of drug-likeness (QED) is 0.827. The van der Waals surface area contributed by atoms with Crippen LogP contribution >= 0.6 is 15.9 Å². The highest BCUT2D eigenvalue weighted by Crippen LogP contribution is 2.09. The first-order valence-electron chi connectivity index (χ1n) is 5.08. The lowest BCUT2D eigenvalue weighted by Gasteiger charge is -2.08. The third-order valence-electron chi connectivity index (χ3n) is 2.58. The van der Waals surface area contributed by atoms with E-state index in [2.05, 4.69) is 28.9 Å². The van der Waals surface area contributed by atoms with Gasteiger partial charge >= 0.3 is 0 Å². The molecule has 1 aromatic heterocycles. The maximum absolute atomic E-state index is 11.8. The van der Waals surface area contributed by atoms with Gasteiger partial charge in [0.2, 0.25) is 0 Å². The molecule has 0 bridgehead atoms. The summed E-state index contributed by atoms with van der Waals surface area (Å²) in [5.74, 6) is 0. The SMILES string of the molecule is Cc1ccccc1Cn1cccc(Br)c1=O. The normalized spacial score (nSPS) is 10.4. The van der Waals surface area contributed by atoms with Crippen molar-refractivity contribution in [2.45, 2.75) is 13.5 Å². The van der Waals surface area contributed by atoms with Crippen molar-refractivity contribution in [3.05, 3.63) is 68.5 Å². The van der Waals surface area contributed by atoms with Crippen molar-refractivity contribution in [3.63, 3.8) is 0 Å². The first kappa shape index (κ1) is 11.1. The molecule has 0 aliphatic heterocycles. The number of aryl methyl sites for hydroxylation is 1. The van der Waals surface area contributed by atoms with E-state index in [-0.39, 0.29) is 5.56 Å². The predicted molar refractivity (Wildman–Crippen MR) is 68.7 cm³/mol. The van der Waals surface area contributed by atoms with Crippen molar-refractivity contribution in [2.75, 3.05) is 0 Å². The highest BCUT2D eigenvalue weighted by Gasteiger charge is 2.02. The molecular formula is C13H12BrNO. The minimum Gasteiger partial charge on any atom is -0.310 e. The number of aromatic nitrogens is 1. The Morgan fingerprint density at radius 1 is 1.19 bits per heavy atom. The largest absolute Gasteiger partial charge is 0.310 e. The molecule has 0 N–H and O–H groups in total. The number of hydrogen-bond donors (Lipinski definition) is 0. The van der Waals surface area contributed by atoms with E-state index in [4.69, 9.17) is 0 Å². The van der Waals surface area contributed by atoms with Crippen molar-refractivity contribution in [3.8, 4) is 0 Å². The van der Waals surface area contributed by atoms with Gasteiger partial charge in [-0.1, -0.05) is 24.3 Å². The summed E-state index contributed by atoms with van der Waals surface area (Å²) in [6, 6.07) is 11.7. The van der Waals surface area contributed by atoms with Crippen molar-refractivity contribution >= 4 is 15.9 Å². The third kappa shape index (κ3) is 2.25. The van der Waals surface area contributed by atoms with E-state index in [1.807, 2.05) is 24.3 Å². The van der Waals surface area contributed by atoms with Gasteiger partial charge in [-0.3, -0.25) is 4.79 Å². The van der Waals surface area contributed by atoms with Crippen LogP contribution in [-0.4, -0.2) is 4.57 Å². The van der Waals surface area contributed by atoms with Gasteiger partial charge in [0.1, 0.15) is 0 Å². The molecule has 2 nitrogen and oxygen atoms in total. The molecule has 0 fully saturated rings. The van der Waals surface area contributed by atoms with Crippen LogP contribution in [0.15, 0.2) is 51.9 Å². The van der Waals surface area contributed by atoms with Crippen LogP contribution in [0.4, 0.5) is 0 Å². The van der Waals surface area contributed by atoms with Gasteiger partial charge in [0.25, 0.3) is 5.56 Å². The summed E-state index contributed by atoms with van der Waals surface area (Å²) in [5.41, 5.74) is 2.38. The molecule has 2 rings (SSSR count). The second kappa shape index (κ2) is 4.66. The lowest BCUT2D eigenvalue weighted by atomic mass is 10.1. The molecule has 2 aromatic rings. The summed E-state index contributed by atoms with van der Waals surface area (Å²) in [5, 5.41) is 0. The first-order chi connectivity index (χ1) is 7.68. The smallest absolute Gasteiger partial charge is 0.265 e. The van der Waals surface area contributed by atoms with Crippen LogP contribution in [0.2, 0.25) is 0 Å². The van der Waals surface area contributed by atoms with Gasteiger partial charge in [0.05, 0.1) is 11.0 Å². The summed E-state index contributed by atoms with van der Waals surface area (Å²) in [6.45, 7) is 2.67. The van der Waals surface area contributed by atoms with Gasteiger partial charge in [0.15, 0.2) is 0 Å². The average molecular weight is 278 g/mol. The van der Waals surface area contributed by atoms with E-state index in [1.54, 1.807) is 16.8 Å². The van der Waals surface area contributed by atoms with Crippen LogP contribution in [0, 0.1) is 6.92 Å². The van der Waals surface area contributed by atoms with E-state index in [0.29, 0.717) is 11.0 Å². The molecule has 1 heterocycles. The number of hydrogen-bond acceptors (Lipinski definition) is 1. The fraction of sp³-hybridized carbons (Fsp3) is 0.154. The predicted octanol–water partition coefficient (Wildman–Crippen LogP) is 2.97. The van der Waals surface area contributed by atoms with Crippen molar-refractivity contribution < 1.29 is 0 Å². The Balaban J connectivity index is 2.39. The Morgan fingerprint density at radius 3 is 2.69 bits per heavy atom. The van der Waals surface area contributed by atoms with Crippen LogP contribution in [0.25, 0.3) is 0 Å². The zero-order valence-corrected chi connectivity index (χ0v) is 10.6. The summed E-state index contributed by atoms with van der Waals surface area (Å²) >= 11 is 3.24. The maximum atomic E-state index is 11.8. The molecule has 0 aliphatic rings. The number of rotatable bonds is 2. The molecule has 0 spiro atoms. The van der Waals surface area contributed by atoms with Crippen LogP contribution in [-0.2, 0) is 6.54 Å². The number of nitrogens with zero attached hydrogens (tertiary/aromatic N) is 1. The molecule has 0 saturated heterocycles. The first-order valence-corrected chi connectivity index (χ1v) is 5.87. The minimum atomic E-state index is 0.00533. The Bertz CT molecular complexity index is 560. The van der Waals surface area contributed by atoms with Crippen LogP contribution in [0.5, 0.6) is 0 Å². The lowest BCUT2D eigenvalue weighted by molar-refractivity contribution is 0.751. The molecular weight excluding hydrogens is 266 g/mol. The van der Waals surface area contributed by atoms with Gasteiger partial charge in [-0.15, -0.1) is 0 Å². The van der Waals surface area contributed by atoms with E-state index < -0.39 is 0 Å². The topological polar surface area (TPSA) is 22.0 Å². The van der Waals surface area contributed by atoms with Gasteiger partial charge in [-0.05, 0) is 46.1 Å². The minimum absolute atomic E-state index is 0.00533. The zero-order chi connectivity index (χ0) is 11.5. The summed E-state index contributed by atoms with van der Waals surface area (Å²) in [7, 11) is 0. The van der Waals surface area contributed by atoms with Crippen molar-refractivity contribution in [1.29, 1.82) is 0 Å². The second-order valence-electron chi connectivity index (χ2n) is 3.72. The molecule has 0 saturated carbocycles. The molecule has 0 unspecified atom stereocenters.